The minimum absolute atomic E-state index is 0.129. The van der Waals surface area contributed by atoms with Crippen LogP contribution >= 0.6 is 0 Å². The average Bonchev–Trinajstić information content (AvgIpc) is 2.58. The maximum absolute atomic E-state index is 11.4. The van der Waals surface area contributed by atoms with Crippen LogP contribution in [0, 0.1) is 5.41 Å². The van der Waals surface area contributed by atoms with Crippen LogP contribution in [0.2, 0.25) is 0 Å². The molecule has 2 rings (SSSR count). The van der Waals surface area contributed by atoms with Gasteiger partial charge in [-0.2, -0.15) is 0 Å². The van der Waals surface area contributed by atoms with Gasteiger partial charge in [-0.1, -0.05) is 48.5 Å². The monoisotopic (exact) mass is 326 g/mol. The van der Waals surface area contributed by atoms with Gasteiger partial charge in [0.25, 0.3) is 0 Å². The third-order valence-corrected chi connectivity index (χ3v) is 3.24. The van der Waals surface area contributed by atoms with Gasteiger partial charge in [-0.15, -0.1) is 0 Å². The van der Waals surface area contributed by atoms with E-state index in [0.717, 1.165) is 11.3 Å². The quantitative estimate of drug-likeness (QED) is 0.590. The zero-order valence-corrected chi connectivity index (χ0v) is 13.9. The summed E-state index contributed by atoms with van der Waals surface area (Å²) in [6.07, 6.45) is -1.00. The van der Waals surface area contributed by atoms with Gasteiger partial charge in [0.1, 0.15) is 6.61 Å². The minimum Gasteiger partial charge on any atom is -0.432 e. The first-order valence-corrected chi connectivity index (χ1v) is 7.84. The Morgan fingerprint density at radius 3 is 2.46 bits per heavy atom. The summed E-state index contributed by atoms with van der Waals surface area (Å²) in [6, 6.07) is 17.5. The average molecular weight is 326 g/mol. The molecule has 2 aromatic carbocycles. The van der Waals surface area contributed by atoms with Crippen molar-refractivity contribution >= 4 is 17.6 Å². The summed E-state index contributed by atoms with van der Waals surface area (Å²) in [6.45, 7) is 4.02. The van der Waals surface area contributed by atoms with Crippen molar-refractivity contribution in [3.63, 3.8) is 0 Å². The number of rotatable bonds is 7. The Labute approximate surface area is 142 Å². The van der Waals surface area contributed by atoms with E-state index in [-0.39, 0.29) is 18.4 Å². The van der Waals surface area contributed by atoms with Crippen LogP contribution in [0.4, 0.5) is 10.5 Å². The van der Waals surface area contributed by atoms with Crippen LogP contribution < -0.4 is 5.32 Å². The van der Waals surface area contributed by atoms with E-state index in [2.05, 4.69) is 5.32 Å². The Bertz CT molecular complexity index is 684. The van der Waals surface area contributed by atoms with E-state index in [1.165, 1.54) is 0 Å². The van der Waals surface area contributed by atoms with Crippen molar-refractivity contribution in [2.75, 3.05) is 11.9 Å². The molecule has 0 saturated carbocycles. The second kappa shape index (κ2) is 8.72. The molecule has 0 heterocycles. The standard InChI is InChI=1S/C19H22N2O3/c1-14(2)24-19(22)23-13-17(20)16-10-6-7-11-18(16)21-12-15-8-4-3-5-9-15/h3-11,14,20-21H,12-13H2,1-2H3. The lowest BCUT2D eigenvalue weighted by molar-refractivity contribution is 0.0436. The molecule has 0 saturated heterocycles. The molecule has 0 aliphatic heterocycles. The molecule has 126 valence electrons. The van der Waals surface area contributed by atoms with Crippen molar-refractivity contribution in [1.29, 1.82) is 5.41 Å². The molecule has 0 unspecified atom stereocenters. The first-order valence-electron chi connectivity index (χ1n) is 7.84. The largest absolute Gasteiger partial charge is 0.508 e. The van der Waals surface area contributed by atoms with Crippen LogP contribution in [0.25, 0.3) is 0 Å². The zero-order chi connectivity index (χ0) is 17.4. The van der Waals surface area contributed by atoms with Crippen molar-refractivity contribution in [3.8, 4) is 0 Å². The van der Waals surface area contributed by atoms with Crippen LogP contribution in [0.15, 0.2) is 54.6 Å². The lowest BCUT2D eigenvalue weighted by Crippen LogP contribution is -2.18. The summed E-state index contributed by atoms with van der Waals surface area (Å²) in [5, 5.41) is 11.5. The van der Waals surface area contributed by atoms with Crippen molar-refractivity contribution in [2.24, 2.45) is 0 Å². The van der Waals surface area contributed by atoms with Crippen molar-refractivity contribution in [1.82, 2.24) is 0 Å². The van der Waals surface area contributed by atoms with Gasteiger partial charge < -0.3 is 20.2 Å². The third-order valence-electron chi connectivity index (χ3n) is 3.24. The smallest absolute Gasteiger partial charge is 0.432 e. The van der Waals surface area contributed by atoms with Crippen molar-refractivity contribution < 1.29 is 14.3 Å². The van der Waals surface area contributed by atoms with E-state index in [1.807, 2.05) is 54.6 Å². The number of ether oxygens (including phenoxy) is 2. The summed E-state index contributed by atoms with van der Waals surface area (Å²) in [4.78, 5) is 11.4. The van der Waals surface area contributed by atoms with Crippen LogP contribution in [-0.4, -0.2) is 24.6 Å². The molecule has 0 spiro atoms. The lowest BCUT2D eigenvalue weighted by Gasteiger charge is -2.14. The van der Waals surface area contributed by atoms with Gasteiger partial charge in [0.2, 0.25) is 0 Å². The fraction of sp³-hybridized carbons (Fsp3) is 0.263. The Hall–Kier alpha value is -2.82. The highest BCUT2D eigenvalue weighted by molar-refractivity contribution is 6.04. The van der Waals surface area contributed by atoms with E-state index >= 15 is 0 Å². The molecule has 2 N–H and O–H groups in total. The van der Waals surface area contributed by atoms with E-state index in [4.69, 9.17) is 14.9 Å². The van der Waals surface area contributed by atoms with E-state index < -0.39 is 6.16 Å². The highest BCUT2D eigenvalue weighted by atomic mass is 16.7. The number of para-hydroxylation sites is 1. The number of anilines is 1. The Balaban J connectivity index is 1.97. The third kappa shape index (κ3) is 5.43. The maximum atomic E-state index is 11.4. The van der Waals surface area contributed by atoms with Gasteiger partial charge in [-0.05, 0) is 25.5 Å². The fourth-order valence-electron chi connectivity index (χ4n) is 2.13. The number of nitrogens with one attached hydrogen (secondary N) is 2. The molecule has 0 amide bonds. The summed E-state index contributed by atoms with van der Waals surface area (Å²) in [5.74, 6) is 0. The molecule has 0 radical (unpaired) electrons. The number of benzene rings is 2. The summed E-state index contributed by atoms with van der Waals surface area (Å²) in [7, 11) is 0. The zero-order valence-electron chi connectivity index (χ0n) is 13.9. The Kier molecular flexibility index (Phi) is 6.37. The predicted molar refractivity (Wildman–Crippen MR) is 94.6 cm³/mol. The van der Waals surface area contributed by atoms with Gasteiger partial charge in [0.15, 0.2) is 0 Å². The van der Waals surface area contributed by atoms with Crippen molar-refractivity contribution in [3.05, 3.63) is 65.7 Å². The molecule has 0 aromatic heterocycles. The predicted octanol–water partition coefficient (Wildman–Crippen LogP) is 4.23. The minimum atomic E-state index is -0.760. The molecule has 0 aliphatic carbocycles. The maximum Gasteiger partial charge on any atom is 0.508 e. The summed E-state index contributed by atoms with van der Waals surface area (Å²) in [5.41, 5.74) is 2.89. The van der Waals surface area contributed by atoms with Crippen LogP contribution in [-0.2, 0) is 16.0 Å². The van der Waals surface area contributed by atoms with Gasteiger partial charge in [0.05, 0.1) is 11.8 Å². The van der Waals surface area contributed by atoms with Crippen LogP contribution in [0.1, 0.15) is 25.0 Å². The van der Waals surface area contributed by atoms with E-state index in [1.54, 1.807) is 13.8 Å². The van der Waals surface area contributed by atoms with Gasteiger partial charge >= 0.3 is 6.16 Å². The normalized spacial score (nSPS) is 10.3. The van der Waals surface area contributed by atoms with Gasteiger partial charge in [0, 0.05) is 17.8 Å². The lowest BCUT2D eigenvalue weighted by atomic mass is 10.1. The van der Waals surface area contributed by atoms with Crippen LogP contribution in [0.5, 0.6) is 0 Å². The molecule has 0 aliphatic rings. The second-order valence-corrected chi connectivity index (χ2v) is 5.57. The number of carbonyl (C=O) groups excluding carboxylic acids is 1. The molecular formula is C19H22N2O3. The molecule has 0 fully saturated rings. The van der Waals surface area contributed by atoms with Gasteiger partial charge in [-0.3, -0.25) is 0 Å². The SMILES string of the molecule is CC(C)OC(=O)OCC(=N)c1ccccc1NCc1ccccc1. The van der Waals surface area contributed by atoms with E-state index in [0.29, 0.717) is 12.1 Å². The first-order chi connectivity index (χ1) is 11.6. The second-order valence-electron chi connectivity index (χ2n) is 5.57. The van der Waals surface area contributed by atoms with Crippen LogP contribution in [0.3, 0.4) is 0 Å². The molecular weight excluding hydrogens is 304 g/mol. The van der Waals surface area contributed by atoms with E-state index in [9.17, 15) is 4.79 Å². The first kappa shape index (κ1) is 17.5. The molecule has 0 atom stereocenters. The Morgan fingerprint density at radius 2 is 1.75 bits per heavy atom. The van der Waals surface area contributed by atoms with Gasteiger partial charge in [-0.25, -0.2) is 4.79 Å². The topological polar surface area (TPSA) is 71.4 Å². The Morgan fingerprint density at radius 1 is 1.08 bits per heavy atom. The number of hydrogen-bond acceptors (Lipinski definition) is 5. The molecule has 24 heavy (non-hydrogen) atoms. The van der Waals surface area contributed by atoms with Crippen molar-refractivity contribution in [2.45, 2.75) is 26.5 Å². The highest BCUT2D eigenvalue weighted by Crippen LogP contribution is 2.17. The molecule has 5 heteroatoms. The molecule has 2 aromatic rings. The molecule has 5 nitrogen and oxygen atoms in total. The fourth-order valence-corrected chi connectivity index (χ4v) is 2.13. The molecule has 0 bridgehead atoms. The summed E-state index contributed by atoms with van der Waals surface area (Å²) < 4.78 is 9.87. The number of carbonyl (C=O) groups is 1. The number of hydrogen-bond donors (Lipinski definition) is 2. The highest BCUT2D eigenvalue weighted by Gasteiger charge is 2.12. The summed E-state index contributed by atoms with van der Waals surface area (Å²) >= 11 is 0.